The molecule has 0 fully saturated rings. The molecule has 0 aliphatic heterocycles. The van der Waals surface area contributed by atoms with Crippen molar-refractivity contribution in [2.24, 2.45) is 0 Å². The van der Waals surface area contributed by atoms with Gasteiger partial charge in [0.15, 0.2) is 0 Å². The summed E-state index contributed by atoms with van der Waals surface area (Å²) in [5.41, 5.74) is 2.24. The largest absolute Gasteiger partial charge is 0.486 e. The zero-order chi connectivity index (χ0) is 12.3. The Balaban J connectivity index is 2.06. The van der Waals surface area contributed by atoms with Gasteiger partial charge in [-0.2, -0.15) is 0 Å². The van der Waals surface area contributed by atoms with Gasteiger partial charge >= 0.3 is 0 Å². The molecule has 1 aromatic carbocycles. The van der Waals surface area contributed by atoms with Crippen LogP contribution >= 0.6 is 0 Å². The van der Waals surface area contributed by atoms with Crippen molar-refractivity contribution in [1.82, 2.24) is 9.55 Å². The van der Waals surface area contributed by atoms with Gasteiger partial charge in [0.25, 0.3) is 0 Å². The number of benzene rings is 1. The summed E-state index contributed by atoms with van der Waals surface area (Å²) in [4.78, 5) is 4.46. The summed E-state index contributed by atoms with van der Waals surface area (Å²) in [6.07, 6.45) is 2.05. The number of aryl methyl sites for hydroxylation is 3. The molecule has 2 aromatic rings. The average molecular weight is 230 g/mol. The second kappa shape index (κ2) is 5.04. The van der Waals surface area contributed by atoms with E-state index in [1.54, 1.807) is 0 Å². The van der Waals surface area contributed by atoms with Gasteiger partial charge < -0.3 is 9.30 Å². The molecule has 0 saturated carbocycles. The highest BCUT2D eigenvalue weighted by Crippen LogP contribution is 2.14. The number of hydrogen-bond acceptors (Lipinski definition) is 2. The van der Waals surface area contributed by atoms with E-state index < -0.39 is 0 Å². The highest BCUT2D eigenvalue weighted by atomic mass is 16.5. The third-order valence-corrected chi connectivity index (χ3v) is 2.68. The van der Waals surface area contributed by atoms with Crippen LogP contribution in [0, 0.1) is 13.8 Å². The monoisotopic (exact) mass is 230 g/mol. The first kappa shape index (κ1) is 11.7. The smallest absolute Gasteiger partial charge is 0.147 e. The van der Waals surface area contributed by atoms with Crippen LogP contribution in [0.4, 0.5) is 0 Å². The molecule has 0 radical (unpaired) electrons. The van der Waals surface area contributed by atoms with Crippen LogP contribution in [0.5, 0.6) is 5.75 Å². The maximum absolute atomic E-state index is 5.75. The van der Waals surface area contributed by atoms with Crippen LogP contribution in [0.15, 0.2) is 30.5 Å². The fourth-order valence-corrected chi connectivity index (χ4v) is 1.84. The van der Waals surface area contributed by atoms with E-state index in [9.17, 15) is 0 Å². The van der Waals surface area contributed by atoms with E-state index in [1.165, 1.54) is 5.56 Å². The molecule has 1 aromatic heterocycles. The second-order valence-electron chi connectivity index (χ2n) is 4.19. The molecule has 0 aliphatic rings. The van der Waals surface area contributed by atoms with Crippen molar-refractivity contribution in [1.29, 1.82) is 0 Å². The first-order valence-electron chi connectivity index (χ1n) is 5.91. The van der Waals surface area contributed by atoms with E-state index in [4.69, 9.17) is 4.74 Å². The second-order valence-corrected chi connectivity index (χ2v) is 4.19. The minimum Gasteiger partial charge on any atom is -0.486 e. The first-order valence-corrected chi connectivity index (χ1v) is 5.91. The average Bonchev–Trinajstić information content (AvgIpc) is 2.67. The maximum atomic E-state index is 5.75. The van der Waals surface area contributed by atoms with Gasteiger partial charge in [0, 0.05) is 12.7 Å². The summed E-state index contributed by atoms with van der Waals surface area (Å²) in [5.74, 6) is 1.87. The Labute approximate surface area is 102 Å². The molecule has 0 spiro atoms. The minimum atomic E-state index is 0.519. The van der Waals surface area contributed by atoms with Gasteiger partial charge in [-0.3, -0.25) is 0 Å². The number of imidazole rings is 1. The van der Waals surface area contributed by atoms with Crippen LogP contribution in [0.2, 0.25) is 0 Å². The number of hydrogen-bond donors (Lipinski definition) is 0. The highest BCUT2D eigenvalue weighted by Gasteiger charge is 2.04. The molecule has 0 atom stereocenters. The lowest BCUT2D eigenvalue weighted by Gasteiger charge is -2.07. The maximum Gasteiger partial charge on any atom is 0.147 e. The molecule has 0 amide bonds. The lowest BCUT2D eigenvalue weighted by Crippen LogP contribution is -2.05. The summed E-state index contributed by atoms with van der Waals surface area (Å²) in [7, 11) is 0. The van der Waals surface area contributed by atoms with Crippen LogP contribution in [0.3, 0.4) is 0 Å². The zero-order valence-electron chi connectivity index (χ0n) is 10.6. The van der Waals surface area contributed by atoms with Gasteiger partial charge in [0.2, 0.25) is 0 Å². The van der Waals surface area contributed by atoms with E-state index in [0.717, 1.165) is 23.8 Å². The summed E-state index contributed by atoms with van der Waals surface area (Å²) < 4.78 is 7.86. The number of aromatic nitrogens is 2. The molecular formula is C14H18N2O. The van der Waals surface area contributed by atoms with Crippen molar-refractivity contribution < 1.29 is 4.74 Å². The predicted octanol–water partition coefficient (Wildman–Crippen LogP) is 3.10. The van der Waals surface area contributed by atoms with Crippen molar-refractivity contribution in [2.75, 3.05) is 0 Å². The Bertz CT molecular complexity index is 503. The normalized spacial score (nSPS) is 10.5. The molecule has 0 aliphatic carbocycles. The van der Waals surface area contributed by atoms with Crippen molar-refractivity contribution in [2.45, 2.75) is 33.9 Å². The summed E-state index contributed by atoms with van der Waals surface area (Å²) in [5, 5.41) is 0. The Morgan fingerprint density at radius 3 is 2.82 bits per heavy atom. The van der Waals surface area contributed by atoms with Crippen molar-refractivity contribution in [3.05, 3.63) is 47.5 Å². The summed E-state index contributed by atoms with van der Waals surface area (Å²) in [6.45, 7) is 7.61. The predicted molar refractivity (Wildman–Crippen MR) is 68.1 cm³/mol. The van der Waals surface area contributed by atoms with Gasteiger partial charge in [-0.25, -0.2) is 4.98 Å². The van der Waals surface area contributed by atoms with Crippen molar-refractivity contribution in [3.63, 3.8) is 0 Å². The third kappa shape index (κ3) is 2.87. The van der Waals surface area contributed by atoms with Crippen molar-refractivity contribution >= 4 is 0 Å². The van der Waals surface area contributed by atoms with Gasteiger partial charge in [-0.15, -0.1) is 0 Å². The van der Waals surface area contributed by atoms with Gasteiger partial charge in [0.1, 0.15) is 18.2 Å². The lowest BCUT2D eigenvalue weighted by molar-refractivity contribution is 0.289. The SMILES string of the molecule is CCn1cc(C)nc1COc1cccc(C)c1. The quantitative estimate of drug-likeness (QED) is 0.807. The van der Waals surface area contributed by atoms with Crippen LogP contribution in [0.1, 0.15) is 24.0 Å². The number of rotatable bonds is 4. The molecule has 1 heterocycles. The first-order chi connectivity index (χ1) is 8.19. The Morgan fingerprint density at radius 1 is 1.29 bits per heavy atom. The number of nitrogens with zero attached hydrogens (tertiary/aromatic N) is 2. The zero-order valence-corrected chi connectivity index (χ0v) is 10.6. The topological polar surface area (TPSA) is 27.1 Å². The molecule has 90 valence electrons. The van der Waals surface area contributed by atoms with Crippen LogP contribution < -0.4 is 4.74 Å². The van der Waals surface area contributed by atoms with Crippen LogP contribution in [-0.4, -0.2) is 9.55 Å². The van der Waals surface area contributed by atoms with Crippen molar-refractivity contribution in [3.8, 4) is 5.75 Å². The van der Waals surface area contributed by atoms with Crippen LogP contribution in [-0.2, 0) is 13.2 Å². The molecule has 0 bridgehead atoms. The molecule has 17 heavy (non-hydrogen) atoms. The fourth-order valence-electron chi connectivity index (χ4n) is 1.84. The van der Waals surface area contributed by atoms with Gasteiger partial charge in [-0.1, -0.05) is 12.1 Å². The Morgan fingerprint density at radius 2 is 2.12 bits per heavy atom. The third-order valence-electron chi connectivity index (χ3n) is 2.68. The fraction of sp³-hybridized carbons (Fsp3) is 0.357. The molecular weight excluding hydrogens is 212 g/mol. The molecule has 0 N–H and O–H groups in total. The molecule has 0 saturated heterocycles. The highest BCUT2D eigenvalue weighted by molar-refractivity contribution is 5.27. The van der Waals surface area contributed by atoms with Gasteiger partial charge in [0.05, 0.1) is 5.69 Å². The molecule has 2 rings (SSSR count). The summed E-state index contributed by atoms with van der Waals surface area (Å²) in [6, 6.07) is 8.07. The Hall–Kier alpha value is -1.77. The van der Waals surface area contributed by atoms with E-state index in [2.05, 4.69) is 35.7 Å². The molecule has 3 heteroatoms. The van der Waals surface area contributed by atoms with E-state index in [1.807, 2.05) is 25.1 Å². The molecule has 3 nitrogen and oxygen atoms in total. The lowest BCUT2D eigenvalue weighted by atomic mass is 10.2. The van der Waals surface area contributed by atoms with Gasteiger partial charge in [-0.05, 0) is 38.5 Å². The van der Waals surface area contributed by atoms with E-state index in [-0.39, 0.29) is 0 Å². The van der Waals surface area contributed by atoms with Crippen LogP contribution in [0.25, 0.3) is 0 Å². The summed E-state index contributed by atoms with van der Waals surface area (Å²) >= 11 is 0. The standard InChI is InChI=1S/C14H18N2O/c1-4-16-9-12(3)15-14(16)10-17-13-7-5-6-11(2)8-13/h5-9H,4,10H2,1-3H3. The van der Waals surface area contributed by atoms with E-state index >= 15 is 0 Å². The minimum absolute atomic E-state index is 0.519. The number of ether oxygens (including phenoxy) is 1. The Kier molecular flexibility index (Phi) is 3.47. The van der Waals surface area contributed by atoms with E-state index in [0.29, 0.717) is 6.61 Å². The molecule has 0 unspecified atom stereocenters.